The van der Waals surface area contributed by atoms with Gasteiger partial charge >= 0.3 is 0 Å². The average Bonchev–Trinajstić information content (AvgIpc) is 2.43. The first-order valence-corrected chi connectivity index (χ1v) is 6.66. The summed E-state index contributed by atoms with van der Waals surface area (Å²) >= 11 is 0. The van der Waals surface area contributed by atoms with Gasteiger partial charge in [-0.25, -0.2) is 0 Å². The maximum absolute atomic E-state index is 6.05. The summed E-state index contributed by atoms with van der Waals surface area (Å²) in [7, 11) is 1.68. The van der Waals surface area contributed by atoms with Crippen LogP contribution in [-0.2, 0) is 0 Å². The summed E-state index contributed by atoms with van der Waals surface area (Å²) in [5.41, 5.74) is 2.48. The summed E-state index contributed by atoms with van der Waals surface area (Å²) in [4.78, 5) is 0. The normalized spacial score (nSPS) is 16.5. The zero-order valence-electron chi connectivity index (χ0n) is 11.5. The smallest absolute Gasteiger partial charge is 0.173 e. The molecule has 19 heavy (non-hydrogen) atoms. The lowest BCUT2D eigenvalue weighted by atomic mass is 9.80. The molecule has 98 valence electrons. The van der Waals surface area contributed by atoms with Crippen molar-refractivity contribution >= 4 is 0 Å². The number of methoxy groups -OCH3 is 1. The standard InChI is InChI=1S/C17H18O2/c1-11(2)16-12-7-4-5-9-14(12)19-17-13(16)8-6-10-15(17)18-3/h4-11,16H,1-3H3. The lowest BCUT2D eigenvalue weighted by Crippen LogP contribution is -2.15. The Morgan fingerprint density at radius 2 is 1.74 bits per heavy atom. The highest BCUT2D eigenvalue weighted by Crippen LogP contribution is 2.50. The summed E-state index contributed by atoms with van der Waals surface area (Å²) in [6, 6.07) is 14.4. The second-order valence-electron chi connectivity index (χ2n) is 5.24. The predicted octanol–water partition coefficient (Wildman–Crippen LogP) is 4.59. The molecule has 2 heteroatoms. The Labute approximate surface area is 114 Å². The number of para-hydroxylation sites is 2. The van der Waals surface area contributed by atoms with Gasteiger partial charge in [-0.3, -0.25) is 0 Å². The Balaban J connectivity index is 2.22. The van der Waals surface area contributed by atoms with Crippen LogP contribution in [0.1, 0.15) is 30.9 Å². The maximum Gasteiger partial charge on any atom is 0.173 e. The summed E-state index contributed by atoms with van der Waals surface area (Å²) < 4.78 is 11.5. The third kappa shape index (κ3) is 1.88. The Bertz CT molecular complexity index is 602. The SMILES string of the molecule is COc1cccc2c1Oc1ccccc1C2C(C)C. The van der Waals surface area contributed by atoms with E-state index in [9.17, 15) is 0 Å². The monoisotopic (exact) mass is 254 g/mol. The van der Waals surface area contributed by atoms with Crippen LogP contribution in [-0.4, -0.2) is 7.11 Å². The molecule has 2 aromatic rings. The minimum absolute atomic E-state index is 0.357. The van der Waals surface area contributed by atoms with Gasteiger partial charge in [0.1, 0.15) is 5.75 Å². The fraction of sp³-hybridized carbons (Fsp3) is 0.294. The maximum atomic E-state index is 6.05. The molecular formula is C17H18O2. The van der Waals surface area contributed by atoms with Crippen LogP contribution in [0.3, 0.4) is 0 Å². The van der Waals surface area contributed by atoms with Gasteiger partial charge in [-0.15, -0.1) is 0 Å². The summed E-state index contributed by atoms with van der Waals surface area (Å²) in [5, 5.41) is 0. The van der Waals surface area contributed by atoms with Crippen LogP contribution >= 0.6 is 0 Å². The highest BCUT2D eigenvalue weighted by molar-refractivity contribution is 5.58. The molecule has 1 aliphatic heterocycles. The van der Waals surface area contributed by atoms with Crippen LogP contribution in [0.15, 0.2) is 42.5 Å². The molecule has 0 aromatic heterocycles. The molecule has 1 atom stereocenters. The molecule has 2 aromatic carbocycles. The second-order valence-corrected chi connectivity index (χ2v) is 5.24. The van der Waals surface area contributed by atoms with Crippen molar-refractivity contribution in [2.45, 2.75) is 19.8 Å². The van der Waals surface area contributed by atoms with Crippen molar-refractivity contribution in [1.82, 2.24) is 0 Å². The van der Waals surface area contributed by atoms with E-state index in [2.05, 4.69) is 32.0 Å². The van der Waals surface area contributed by atoms with Gasteiger partial charge in [0.05, 0.1) is 7.11 Å². The fourth-order valence-corrected chi connectivity index (χ4v) is 2.87. The summed E-state index contributed by atoms with van der Waals surface area (Å²) in [6.45, 7) is 4.49. The van der Waals surface area contributed by atoms with E-state index in [4.69, 9.17) is 9.47 Å². The molecule has 0 fully saturated rings. The van der Waals surface area contributed by atoms with E-state index < -0.39 is 0 Å². The average molecular weight is 254 g/mol. The molecule has 0 saturated heterocycles. The van der Waals surface area contributed by atoms with Crippen molar-refractivity contribution in [2.75, 3.05) is 7.11 Å². The van der Waals surface area contributed by atoms with Crippen LogP contribution in [0.2, 0.25) is 0 Å². The molecule has 0 radical (unpaired) electrons. The topological polar surface area (TPSA) is 18.5 Å². The van der Waals surface area contributed by atoms with Crippen molar-refractivity contribution in [2.24, 2.45) is 5.92 Å². The van der Waals surface area contributed by atoms with Crippen molar-refractivity contribution in [3.63, 3.8) is 0 Å². The zero-order valence-corrected chi connectivity index (χ0v) is 11.5. The molecule has 0 amide bonds. The van der Waals surface area contributed by atoms with Gasteiger partial charge < -0.3 is 9.47 Å². The largest absolute Gasteiger partial charge is 0.493 e. The number of fused-ring (bicyclic) bond motifs is 2. The molecule has 1 heterocycles. The first-order chi connectivity index (χ1) is 9.22. The molecule has 0 spiro atoms. The highest BCUT2D eigenvalue weighted by Gasteiger charge is 2.30. The van der Waals surface area contributed by atoms with E-state index in [0.29, 0.717) is 11.8 Å². The molecule has 1 unspecified atom stereocenters. The third-order valence-electron chi connectivity index (χ3n) is 3.70. The lowest BCUT2D eigenvalue weighted by Gasteiger charge is -2.31. The first-order valence-electron chi connectivity index (χ1n) is 6.66. The van der Waals surface area contributed by atoms with Gasteiger partial charge in [0, 0.05) is 17.0 Å². The Kier molecular flexibility index (Phi) is 2.94. The minimum Gasteiger partial charge on any atom is -0.493 e. The highest BCUT2D eigenvalue weighted by atomic mass is 16.5. The van der Waals surface area contributed by atoms with Gasteiger partial charge in [-0.1, -0.05) is 44.2 Å². The molecule has 0 bridgehead atoms. The van der Waals surface area contributed by atoms with E-state index in [1.54, 1.807) is 7.11 Å². The third-order valence-corrected chi connectivity index (χ3v) is 3.70. The molecule has 1 aliphatic rings. The summed E-state index contributed by atoms with van der Waals surface area (Å²) in [6.07, 6.45) is 0. The minimum atomic E-state index is 0.357. The van der Waals surface area contributed by atoms with Gasteiger partial charge in [0.25, 0.3) is 0 Å². The van der Waals surface area contributed by atoms with Crippen LogP contribution < -0.4 is 9.47 Å². The van der Waals surface area contributed by atoms with Crippen molar-refractivity contribution in [3.05, 3.63) is 53.6 Å². The molecule has 3 rings (SSSR count). The predicted molar refractivity (Wildman–Crippen MR) is 76.2 cm³/mol. The van der Waals surface area contributed by atoms with E-state index in [-0.39, 0.29) is 0 Å². The van der Waals surface area contributed by atoms with Crippen LogP contribution in [0, 0.1) is 5.92 Å². The first kappa shape index (κ1) is 12.1. The second kappa shape index (κ2) is 4.61. The van der Waals surface area contributed by atoms with Crippen molar-refractivity contribution in [1.29, 1.82) is 0 Å². The van der Waals surface area contributed by atoms with Crippen molar-refractivity contribution in [3.8, 4) is 17.2 Å². The van der Waals surface area contributed by atoms with E-state index in [1.165, 1.54) is 11.1 Å². The summed E-state index contributed by atoms with van der Waals surface area (Å²) in [5.74, 6) is 3.48. The number of ether oxygens (including phenoxy) is 2. The fourth-order valence-electron chi connectivity index (χ4n) is 2.87. The number of benzene rings is 2. The van der Waals surface area contributed by atoms with Crippen LogP contribution in [0.25, 0.3) is 0 Å². The Morgan fingerprint density at radius 3 is 2.47 bits per heavy atom. The quantitative estimate of drug-likeness (QED) is 0.780. The van der Waals surface area contributed by atoms with Gasteiger partial charge in [0.2, 0.25) is 0 Å². The molecule has 2 nitrogen and oxygen atoms in total. The van der Waals surface area contributed by atoms with Gasteiger partial charge in [-0.05, 0) is 18.1 Å². The Morgan fingerprint density at radius 1 is 1.00 bits per heavy atom. The Hall–Kier alpha value is -1.96. The lowest BCUT2D eigenvalue weighted by molar-refractivity contribution is 0.359. The number of rotatable bonds is 2. The molecule has 0 aliphatic carbocycles. The van der Waals surface area contributed by atoms with Crippen molar-refractivity contribution < 1.29 is 9.47 Å². The van der Waals surface area contributed by atoms with Crippen LogP contribution in [0.5, 0.6) is 17.2 Å². The van der Waals surface area contributed by atoms with E-state index in [0.717, 1.165) is 17.2 Å². The molecule has 0 saturated carbocycles. The van der Waals surface area contributed by atoms with E-state index >= 15 is 0 Å². The number of hydrogen-bond acceptors (Lipinski definition) is 2. The number of hydrogen-bond donors (Lipinski definition) is 0. The molecular weight excluding hydrogens is 236 g/mol. The zero-order chi connectivity index (χ0) is 13.4. The van der Waals surface area contributed by atoms with Crippen LogP contribution in [0.4, 0.5) is 0 Å². The van der Waals surface area contributed by atoms with E-state index in [1.807, 2.05) is 24.3 Å². The van der Waals surface area contributed by atoms with Gasteiger partial charge in [0.15, 0.2) is 11.5 Å². The van der Waals surface area contributed by atoms with Gasteiger partial charge in [-0.2, -0.15) is 0 Å². The molecule has 0 N–H and O–H groups in total.